The summed E-state index contributed by atoms with van der Waals surface area (Å²) in [6.45, 7) is 4.61. The van der Waals surface area contributed by atoms with Gasteiger partial charge in [-0.25, -0.2) is 13.4 Å². The maximum absolute atomic E-state index is 12.3. The van der Waals surface area contributed by atoms with Crippen molar-refractivity contribution in [2.75, 3.05) is 11.8 Å². The number of aromatic nitrogens is 1. The predicted molar refractivity (Wildman–Crippen MR) is 84.1 cm³/mol. The van der Waals surface area contributed by atoms with Crippen molar-refractivity contribution < 1.29 is 8.42 Å². The number of sulfonamides is 1. The molecule has 0 saturated carbocycles. The lowest BCUT2D eigenvalue weighted by atomic mass is 10.3. The second-order valence-corrected chi connectivity index (χ2v) is 8.31. The fourth-order valence-electron chi connectivity index (χ4n) is 1.76. The van der Waals surface area contributed by atoms with Crippen LogP contribution in [0.4, 0.5) is 5.13 Å². The molecule has 8 heteroatoms. The second-order valence-electron chi connectivity index (χ2n) is 4.29. The van der Waals surface area contributed by atoms with Crippen LogP contribution in [0, 0.1) is 6.92 Å². The van der Waals surface area contributed by atoms with E-state index in [0.29, 0.717) is 15.9 Å². The molecule has 2 aromatic heterocycles. The smallest absolute Gasteiger partial charge is 0.273 e. The third-order valence-electron chi connectivity index (χ3n) is 2.72. The zero-order valence-corrected chi connectivity index (χ0v) is 14.0. The molecule has 5 nitrogen and oxygen atoms in total. The van der Waals surface area contributed by atoms with Gasteiger partial charge in [-0.2, -0.15) is 0 Å². The first-order valence-electron chi connectivity index (χ1n) is 6.17. The summed E-state index contributed by atoms with van der Waals surface area (Å²) >= 11 is 2.59. The Morgan fingerprint density at radius 1 is 1.40 bits per heavy atom. The van der Waals surface area contributed by atoms with Crippen molar-refractivity contribution in [2.24, 2.45) is 0 Å². The number of thiophene rings is 1. The van der Waals surface area contributed by atoms with Crippen LogP contribution < -0.4 is 10.0 Å². The van der Waals surface area contributed by atoms with E-state index in [1.807, 2.05) is 26.3 Å². The fraction of sp³-hybridized carbons (Fsp3) is 0.417. The Morgan fingerprint density at radius 3 is 2.75 bits per heavy atom. The van der Waals surface area contributed by atoms with Crippen molar-refractivity contribution in [3.63, 3.8) is 0 Å². The number of anilines is 1. The van der Waals surface area contributed by atoms with Crippen molar-refractivity contribution in [1.82, 2.24) is 10.3 Å². The van der Waals surface area contributed by atoms with Gasteiger partial charge in [0.05, 0.1) is 5.69 Å². The molecule has 0 aliphatic heterocycles. The van der Waals surface area contributed by atoms with Crippen molar-refractivity contribution >= 4 is 37.8 Å². The lowest BCUT2D eigenvalue weighted by molar-refractivity contribution is 0.603. The number of hydrogen-bond donors (Lipinski definition) is 2. The topological polar surface area (TPSA) is 71.1 Å². The van der Waals surface area contributed by atoms with Crippen LogP contribution in [0.2, 0.25) is 0 Å². The molecule has 0 spiro atoms. The van der Waals surface area contributed by atoms with Crippen LogP contribution in [0.3, 0.4) is 0 Å². The molecule has 0 amide bonds. The first kappa shape index (κ1) is 15.4. The average Bonchev–Trinajstić information content (AvgIpc) is 2.96. The molecule has 2 N–H and O–H groups in total. The van der Waals surface area contributed by atoms with Gasteiger partial charge in [0.25, 0.3) is 10.0 Å². The Balaban J connectivity index is 2.21. The highest BCUT2D eigenvalue weighted by atomic mass is 32.2. The third kappa shape index (κ3) is 3.38. The number of hydrogen-bond acceptors (Lipinski definition) is 6. The van der Waals surface area contributed by atoms with Crippen molar-refractivity contribution in [2.45, 2.75) is 31.0 Å². The van der Waals surface area contributed by atoms with Crippen LogP contribution in [0.1, 0.15) is 23.1 Å². The van der Waals surface area contributed by atoms with Crippen molar-refractivity contribution in [3.05, 3.63) is 27.6 Å². The first-order chi connectivity index (χ1) is 9.46. The number of rotatable bonds is 6. The molecule has 0 saturated heterocycles. The van der Waals surface area contributed by atoms with Crippen LogP contribution >= 0.6 is 22.7 Å². The predicted octanol–water partition coefficient (Wildman–Crippen LogP) is 2.60. The summed E-state index contributed by atoms with van der Waals surface area (Å²) in [6, 6.07) is 1.69. The normalized spacial score (nSPS) is 11.8. The van der Waals surface area contributed by atoms with E-state index in [4.69, 9.17) is 0 Å². The van der Waals surface area contributed by atoms with Gasteiger partial charge in [0, 0.05) is 11.4 Å². The quantitative estimate of drug-likeness (QED) is 0.853. The molecule has 0 unspecified atom stereocenters. The minimum Gasteiger partial charge on any atom is -0.316 e. The first-order valence-corrected chi connectivity index (χ1v) is 9.35. The number of nitrogens with zero attached hydrogens (tertiary/aromatic N) is 1. The van der Waals surface area contributed by atoms with Crippen LogP contribution in [-0.4, -0.2) is 20.4 Å². The van der Waals surface area contributed by atoms with Crippen LogP contribution in [0.5, 0.6) is 0 Å². The summed E-state index contributed by atoms with van der Waals surface area (Å²) in [5.41, 5.74) is 1.90. The summed E-state index contributed by atoms with van der Waals surface area (Å²) in [7, 11) is -1.71. The molecule has 110 valence electrons. The van der Waals surface area contributed by atoms with E-state index in [0.717, 1.165) is 22.6 Å². The molecule has 2 heterocycles. The lowest BCUT2D eigenvalue weighted by Gasteiger charge is -2.01. The van der Waals surface area contributed by atoms with Gasteiger partial charge in [0.1, 0.15) is 4.21 Å². The molecule has 0 atom stereocenters. The van der Waals surface area contributed by atoms with E-state index in [-0.39, 0.29) is 0 Å². The Kier molecular flexibility index (Phi) is 4.79. The lowest BCUT2D eigenvalue weighted by Crippen LogP contribution is -2.11. The van der Waals surface area contributed by atoms with Gasteiger partial charge >= 0.3 is 0 Å². The molecule has 0 fully saturated rings. The molecule has 0 aliphatic rings. The van der Waals surface area contributed by atoms with Gasteiger partial charge in [-0.05, 0) is 37.4 Å². The zero-order chi connectivity index (χ0) is 14.8. The van der Waals surface area contributed by atoms with E-state index in [1.165, 1.54) is 22.7 Å². The molecule has 2 aromatic rings. The number of nitrogens with one attached hydrogen (secondary N) is 2. The molecule has 0 radical (unpaired) electrons. The SMILES string of the molecule is CCc1nc(NS(=O)(=O)c2cc(CNC)cs2)sc1C. The van der Waals surface area contributed by atoms with Gasteiger partial charge in [-0.3, -0.25) is 4.72 Å². The Labute approximate surface area is 127 Å². The summed E-state index contributed by atoms with van der Waals surface area (Å²) in [5.74, 6) is 0. The van der Waals surface area contributed by atoms with Crippen molar-refractivity contribution in [3.8, 4) is 0 Å². The molecular formula is C12H17N3O2S3. The molecule has 0 aliphatic carbocycles. The number of thiazole rings is 1. The second kappa shape index (κ2) is 6.21. The summed E-state index contributed by atoms with van der Waals surface area (Å²) in [5, 5.41) is 5.27. The van der Waals surface area contributed by atoms with Crippen molar-refractivity contribution in [1.29, 1.82) is 0 Å². The summed E-state index contributed by atoms with van der Waals surface area (Å²) < 4.78 is 27.4. The molecule has 0 aromatic carbocycles. The third-order valence-corrected chi connectivity index (χ3v) is 6.61. The molecule has 2 rings (SSSR count). The van der Waals surface area contributed by atoms with E-state index in [1.54, 1.807) is 6.07 Å². The van der Waals surface area contributed by atoms with Crippen LogP contribution in [0.15, 0.2) is 15.7 Å². The highest BCUT2D eigenvalue weighted by Crippen LogP contribution is 2.27. The van der Waals surface area contributed by atoms with E-state index < -0.39 is 10.0 Å². The highest BCUT2D eigenvalue weighted by molar-refractivity contribution is 7.94. The minimum atomic E-state index is -3.53. The van der Waals surface area contributed by atoms with E-state index in [2.05, 4.69) is 15.0 Å². The van der Waals surface area contributed by atoms with Crippen LogP contribution in [0.25, 0.3) is 0 Å². The standard InChI is InChI=1S/C12H17N3O2S3/c1-4-10-8(2)19-12(14-10)15-20(16,17)11-5-9(6-13-3)7-18-11/h5,7,13H,4,6H2,1-3H3,(H,14,15). The minimum absolute atomic E-state index is 0.314. The molecule has 0 bridgehead atoms. The van der Waals surface area contributed by atoms with Gasteiger partial charge in [0.15, 0.2) is 5.13 Å². The monoisotopic (exact) mass is 331 g/mol. The zero-order valence-electron chi connectivity index (χ0n) is 11.6. The largest absolute Gasteiger partial charge is 0.316 e. The maximum Gasteiger partial charge on any atom is 0.273 e. The number of aryl methyl sites for hydroxylation is 2. The molecular weight excluding hydrogens is 314 g/mol. The molecule has 20 heavy (non-hydrogen) atoms. The van der Waals surface area contributed by atoms with Crippen LogP contribution in [-0.2, 0) is 23.0 Å². The van der Waals surface area contributed by atoms with E-state index in [9.17, 15) is 8.42 Å². The summed E-state index contributed by atoms with van der Waals surface area (Å²) in [4.78, 5) is 5.35. The Hall–Kier alpha value is -0.960. The van der Waals surface area contributed by atoms with Gasteiger partial charge in [-0.15, -0.1) is 22.7 Å². The average molecular weight is 331 g/mol. The summed E-state index contributed by atoms with van der Waals surface area (Å²) in [6.07, 6.45) is 0.801. The Bertz CT molecular complexity index is 689. The van der Waals surface area contributed by atoms with Gasteiger partial charge < -0.3 is 5.32 Å². The van der Waals surface area contributed by atoms with Gasteiger partial charge in [0.2, 0.25) is 0 Å². The van der Waals surface area contributed by atoms with Gasteiger partial charge in [-0.1, -0.05) is 6.92 Å². The van der Waals surface area contributed by atoms with E-state index >= 15 is 0 Å². The highest BCUT2D eigenvalue weighted by Gasteiger charge is 2.19. The fourth-order valence-corrected chi connectivity index (χ4v) is 5.10. The maximum atomic E-state index is 12.3. The Morgan fingerprint density at radius 2 is 2.15 bits per heavy atom.